The molecule has 0 aromatic heterocycles. The lowest BCUT2D eigenvalue weighted by atomic mass is 10.1. The fraction of sp³-hybridized carbons (Fsp3) is 0.500. The van der Waals surface area contributed by atoms with E-state index in [9.17, 15) is 4.79 Å². The van der Waals surface area contributed by atoms with Crippen LogP contribution in [0.3, 0.4) is 0 Å². The minimum atomic E-state index is -0.316. The van der Waals surface area contributed by atoms with Crippen LogP contribution in [-0.4, -0.2) is 44.2 Å². The van der Waals surface area contributed by atoms with Crippen molar-refractivity contribution in [2.45, 2.75) is 19.4 Å². The number of carbonyl (C=O) groups is 1. The van der Waals surface area contributed by atoms with Crippen molar-refractivity contribution < 1.29 is 9.53 Å². The maximum atomic E-state index is 12.1. The molecule has 1 aromatic carbocycles. The number of benzene rings is 1. The number of methoxy groups -OCH3 is 1. The molecule has 1 rings (SSSR count). The predicted octanol–water partition coefficient (Wildman–Crippen LogP) is 1.81. The maximum Gasteiger partial charge on any atom is 0.255 e. The average Bonchev–Trinajstić information content (AvgIpc) is 2.35. The Labute approximate surface area is 114 Å². The quantitative estimate of drug-likeness (QED) is 0.797. The van der Waals surface area contributed by atoms with Crippen LogP contribution < -0.4 is 11.1 Å². The number of nitrogens with two attached hydrogens (primary N) is 1. The lowest BCUT2D eigenvalue weighted by Crippen LogP contribution is -2.33. The highest BCUT2D eigenvalue weighted by Gasteiger charge is 2.18. The largest absolute Gasteiger partial charge is 0.399 e. The predicted molar refractivity (Wildman–Crippen MR) is 78.4 cm³/mol. The molecule has 0 aliphatic carbocycles. The second kappa shape index (κ2) is 5.93. The van der Waals surface area contributed by atoms with Gasteiger partial charge in [-0.3, -0.25) is 4.79 Å². The molecule has 0 radical (unpaired) electrons. The van der Waals surface area contributed by atoms with Crippen molar-refractivity contribution in [1.82, 2.24) is 4.90 Å². The monoisotopic (exact) mass is 265 g/mol. The highest BCUT2D eigenvalue weighted by molar-refractivity contribution is 6.00. The molecule has 0 saturated carbocycles. The molecule has 19 heavy (non-hydrogen) atoms. The smallest absolute Gasteiger partial charge is 0.255 e. The van der Waals surface area contributed by atoms with Crippen LogP contribution in [0.5, 0.6) is 0 Å². The van der Waals surface area contributed by atoms with Gasteiger partial charge < -0.3 is 20.7 Å². The van der Waals surface area contributed by atoms with Gasteiger partial charge in [0.2, 0.25) is 0 Å². The van der Waals surface area contributed by atoms with Gasteiger partial charge in [0.25, 0.3) is 5.91 Å². The van der Waals surface area contributed by atoms with Crippen molar-refractivity contribution >= 4 is 17.3 Å². The third kappa shape index (κ3) is 4.13. The van der Waals surface area contributed by atoms with Crippen molar-refractivity contribution in [3.63, 3.8) is 0 Å². The van der Waals surface area contributed by atoms with Gasteiger partial charge in [0.15, 0.2) is 0 Å². The zero-order chi connectivity index (χ0) is 14.6. The standard InChI is InChI=1S/C14H23N3O2/c1-14(2,19-5)9-16-12-8-10(15)6-7-11(12)13(18)17(3)4/h6-8,16H,9,15H2,1-5H3. The van der Waals surface area contributed by atoms with E-state index in [0.717, 1.165) is 5.69 Å². The number of carbonyl (C=O) groups excluding carboxylic acids is 1. The van der Waals surface area contributed by atoms with E-state index in [1.807, 2.05) is 13.8 Å². The Morgan fingerprint density at radius 1 is 1.42 bits per heavy atom. The number of nitrogen functional groups attached to an aromatic ring is 1. The fourth-order valence-electron chi connectivity index (χ4n) is 1.52. The highest BCUT2D eigenvalue weighted by atomic mass is 16.5. The van der Waals surface area contributed by atoms with Gasteiger partial charge in [0.1, 0.15) is 0 Å². The third-order valence-corrected chi connectivity index (χ3v) is 2.94. The Morgan fingerprint density at radius 2 is 2.05 bits per heavy atom. The van der Waals surface area contributed by atoms with Gasteiger partial charge in [0, 0.05) is 39.1 Å². The van der Waals surface area contributed by atoms with Crippen LogP contribution in [0, 0.1) is 0 Å². The topological polar surface area (TPSA) is 67.6 Å². The first-order valence-corrected chi connectivity index (χ1v) is 6.17. The van der Waals surface area contributed by atoms with Crippen LogP contribution >= 0.6 is 0 Å². The van der Waals surface area contributed by atoms with Crippen LogP contribution in [0.25, 0.3) is 0 Å². The molecule has 0 aliphatic rings. The normalized spacial score (nSPS) is 11.2. The third-order valence-electron chi connectivity index (χ3n) is 2.94. The summed E-state index contributed by atoms with van der Waals surface area (Å²) in [6, 6.07) is 5.23. The molecule has 0 fully saturated rings. The van der Waals surface area contributed by atoms with Crippen LogP contribution in [0.15, 0.2) is 18.2 Å². The lowest BCUT2D eigenvalue weighted by Gasteiger charge is -2.25. The van der Waals surface area contributed by atoms with Crippen molar-refractivity contribution in [2.75, 3.05) is 38.8 Å². The van der Waals surface area contributed by atoms with Crippen molar-refractivity contribution in [1.29, 1.82) is 0 Å². The molecular formula is C14H23N3O2. The molecule has 0 unspecified atom stereocenters. The SMILES string of the molecule is COC(C)(C)CNc1cc(N)ccc1C(=O)N(C)C. The summed E-state index contributed by atoms with van der Waals surface area (Å²) >= 11 is 0. The summed E-state index contributed by atoms with van der Waals surface area (Å²) in [5.41, 5.74) is 7.41. The number of hydrogen-bond donors (Lipinski definition) is 2. The van der Waals surface area contributed by atoms with E-state index >= 15 is 0 Å². The molecule has 0 atom stereocenters. The molecule has 0 heterocycles. The summed E-state index contributed by atoms with van der Waals surface area (Å²) in [5, 5.41) is 3.23. The molecular weight excluding hydrogens is 242 g/mol. The molecule has 3 N–H and O–H groups in total. The molecule has 1 aromatic rings. The van der Waals surface area contributed by atoms with E-state index in [1.165, 1.54) is 4.90 Å². The highest BCUT2D eigenvalue weighted by Crippen LogP contribution is 2.21. The van der Waals surface area contributed by atoms with Gasteiger partial charge >= 0.3 is 0 Å². The molecule has 5 nitrogen and oxygen atoms in total. The number of ether oxygens (including phenoxy) is 1. The van der Waals surface area contributed by atoms with E-state index < -0.39 is 0 Å². The molecule has 106 valence electrons. The Balaban J connectivity index is 2.98. The first kappa shape index (κ1) is 15.3. The van der Waals surface area contributed by atoms with Gasteiger partial charge in [-0.05, 0) is 32.0 Å². The van der Waals surface area contributed by atoms with E-state index in [1.54, 1.807) is 39.4 Å². The lowest BCUT2D eigenvalue weighted by molar-refractivity contribution is 0.0343. The van der Waals surface area contributed by atoms with Gasteiger partial charge in [-0.1, -0.05) is 0 Å². The summed E-state index contributed by atoms with van der Waals surface area (Å²) in [4.78, 5) is 13.6. The molecule has 0 aliphatic heterocycles. The zero-order valence-electron chi connectivity index (χ0n) is 12.3. The van der Waals surface area contributed by atoms with Gasteiger partial charge in [0.05, 0.1) is 11.2 Å². The minimum absolute atomic E-state index is 0.0577. The van der Waals surface area contributed by atoms with E-state index in [0.29, 0.717) is 17.8 Å². The summed E-state index contributed by atoms with van der Waals surface area (Å²) in [5.74, 6) is -0.0577. The van der Waals surface area contributed by atoms with E-state index in [4.69, 9.17) is 10.5 Å². The summed E-state index contributed by atoms with van der Waals surface area (Å²) in [6.07, 6.45) is 0. The average molecular weight is 265 g/mol. The van der Waals surface area contributed by atoms with Crippen molar-refractivity contribution in [3.05, 3.63) is 23.8 Å². The molecule has 5 heteroatoms. The Hall–Kier alpha value is -1.75. The molecule has 1 amide bonds. The number of hydrogen-bond acceptors (Lipinski definition) is 4. The molecule has 0 saturated heterocycles. The molecule has 0 spiro atoms. The number of nitrogens with zero attached hydrogens (tertiary/aromatic N) is 1. The first-order valence-electron chi connectivity index (χ1n) is 6.17. The fourth-order valence-corrected chi connectivity index (χ4v) is 1.52. The Kier molecular flexibility index (Phi) is 4.78. The zero-order valence-corrected chi connectivity index (χ0v) is 12.3. The van der Waals surface area contributed by atoms with Crippen LogP contribution in [0.1, 0.15) is 24.2 Å². The summed E-state index contributed by atoms with van der Waals surface area (Å²) in [7, 11) is 5.11. The second-order valence-electron chi connectivity index (χ2n) is 5.32. The number of amides is 1. The Morgan fingerprint density at radius 3 is 2.58 bits per heavy atom. The molecule has 0 bridgehead atoms. The van der Waals surface area contributed by atoms with Gasteiger partial charge in [-0.25, -0.2) is 0 Å². The maximum absolute atomic E-state index is 12.1. The minimum Gasteiger partial charge on any atom is -0.399 e. The number of anilines is 2. The second-order valence-corrected chi connectivity index (χ2v) is 5.32. The van der Waals surface area contributed by atoms with E-state index in [-0.39, 0.29) is 11.5 Å². The Bertz CT molecular complexity index is 456. The number of nitrogens with one attached hydrogen (secondary N) is 1. The van der Waals surface area contributed by atoms with Crippen LogP contribution in [0.4, 0.5) is 11.4 Å². The van der Waals surface area contributed by atoms with Crippen LogP contribution in [0.2, 0.25) is 0 Å². The first-order chi connectivity index (χ1) is 8.76. The van der Waals surface area contributed by atoms with Gasteiger partial charge in [-0.2, -0.15) is 0 Å². The summed E-state index contributed by atoms with van der Waals surface area (Å²) < 4.78 is 5.35. The van der Waals surface area contributed by atoms with Crippen LogP contribution in [-0.2, 0) is 4.74 Å². The van der Waals surface area contributed by atoms with Crippen molar-refractivity contribution in [3.8, 4) is 0 Å². The van der Waals surface area contributed by atoms with Crippen molar-refractivity contribution in [2.24, 2.45) is 0 Å². The van der Waals surface area contributed by atoms with Gasteiger partial charge in [-0.15, -0.1) is 0 Å². The summed E-state index contributed by atoms with van der Waals surface area (Å²) in [6.45, 7) is 4.53. The van der Waals surface area contributed by atoms with E-state index in [2.05, 4.69) is 5.32 Å². The number of rotatable bonds is 5.